The Labute approximate surface area is 250 Å². The van der Waals surface area contributed by atoms with Crippen molar-refractivity contribution in [3.63, 3.8) is 0 Å². The number of hydrogen-bond acceptors (Lipinski definition) is 8. The average molecular weight is 592 g/mol. The second-order valence-corrected chi connectivity index (χ2v) is 11.6. The Morgan fingerprint density at radius 2 is 0.952 bits per heavy atom. The quantitative estimate of drug-likeness (QED) is 0.237. The lowest BCUT2D eigenvalue weighted by atomic mass is 9.80. The minimum absolute atomic E-state index is 0. The van der Waals surface area contributed by atoms with Crippen LogP contribution in [-0.2, 0) is 34.6 Å². The summed E-state index contributed by atoms with van der Waals surface area (Å²) in [4.78, 5) is 44.0. The number of carbonyl (C=O) groups excluding carboxylic acids is 2. The molecule has 2 unspecified atom stereocenters. The van der Waals surface area contributed by atoms with Gasteiger partial charge in [-0.25, -0.2) is 9.59 Å². The lowest BCUT2D eigenvalue weighted by molar-refractivity contribution is -0.144. The van der Waals surface area contributed by atoms with E-state index in [-0.39, 0.29) is 14.0 Å². The van der Waals surface area contributed by atoms with Crippen LogP contribution in [0.2, 0.25) is 0 Å². The van der Waals surface area contributed by atoms with E-state index in [4.69, 9.17) is 25.4 Å². The van der Waals surface area contributed by atoms with Crippen molar-refractivity contribution in [2.24, 2.45) is 5.73 Å². The van der Waals surface area contributed by atoms with E-state index < -0.39 is 46.3 Å². The Hall–Kier alpha value is -3.92. The fourth-order valence-corrected chi connectivity index (χ4v) is 3.03. The van der Waals surface area contributed by atoms with Gasteiger partial charge in [-0.15, -0.1) is 0 Å². The first-order valence-electron chi connectivity index (χ1n) is 13.1. The average Bonchev–Trinajstić information content (AvgIpc) is 2.86. The molecule has 2 atom stereocenters. The molecule has 10 heteroatoms. The molecule has 2 aromatic rings. The fraction of sp³-hybridized carbons (Fsp3) is 0.500. The largest absolute Gasteiger partial charge is 0.519 e. The van der Waals surface area contributed by atoms with E-state index in [1.165, 1.54) is 0 Å². The molecular formula is C32H49NO9. The van der Waals surface area contributed by atoms with Gasteiger partial charge in [-0.2, -0.15) is 0 Å². The van der Waals surface area contributed by atoms with Crippen LogP contribution in [0, 0.1) is 0 Å². The van der Waals surface area contributed by atoms with Gasteiger partial charge in [-0.1, -0.05) is 75.0 Å². The van der Waals surface area contributed by atoms with Crippen LogP contribution in [-0.4, -0.2) is 52.2 Å². The highest BCUT2D eigenvalue weighted by atomic mass is 16.8. The van der Waals surface area contributed by atoms with Crippen LogP contribution in [0.5, 0.6) is 0 Å². The summed E-state index contributed by atoms with van der Waals surface area (Å²) in [6, 6.07) is 18.4. The van der Waals surface area contributed by atoms with E-state index in [1.807, 2.05) is 55.5 Å². The Morgan fingerprint density at radius 1 is 0.643 bits per heavy atom. The number of aliphatic carboxylic acids is 2. The maximum Gasteiger partial charge on any atom is 0.519 e. The van der Waals surface area contributed by atoms with Crippen molar-refractivity contribution in [2.45, 2.75) is 98.2 Å². The SMILES string of the molecule is C.CC(C)(C)OC(=O)OC(=O)OC(C)(C)C.CC(CN)(C(=O)O)c1ccccc1.CCC(C)(C(=O)O)c1ccccc1. The molecule has 2 aromatic carbocycles. The molecule has 0 fully saturated rings. The highest BCUT2D eigenvalue weighted by molar-refractivity contribution is 5.81. The summed E-state index contributed by atoms with van der Waals surface area (Å²) >= 11 is 0. The zero-order chi connectivity index (χ0) is 32.1. The normalized spacial score (nSPS) is 13.5. The molecule has 0 radical (unpaired) electrons. The van der Waals surface area contributed by atoms with E-state index in [2.05, 4.69) is 4.74 Å². The van der Waals surface area contributed by atoms with Gasteiger partial charge in [0.15, 0.2) is 0 Å². The lowest BCUT2D eigenvalue weighted by Gasteiger charge is -2.23. The highest BCUT2D eigenvalue weighted by Gasteiger charge is 2.33. The molecule has 0 saturated heterocycles. The minimum atomic E-state index is -1.06. The van der Waals surface area contributed by atoms with Gasteiger partial charge in [0, 0.05) is 6.54 Å². The zero-order valence-electron chi connectivity index (χ0n) is 25.5. The van der Waals surface area contributed by atoms with Crippen LogP contribution in [0.25, 0.3) is 0 Å². The highest BCUT2D eigenvalue weighted by Crippen LogP contribution is 2.27. The maximum atomic E-state index is 11.1. The van der Waals surface area contributed by atoms with Gasteiger partial charge in [0.05, 0.1) is 5.41 Å². The standard InChI is InChI=1S/C11H14O2.C10H13NO2.C10H18O5.CH4/c1-3-11(2,10(12)13)9-7-5-4-6-8-9;1-10(7-11,9(12)13)8-5-3-2-4-6-8;1-9(2,3)14-7(11)13-8(12)15-10(4,5)6;/h4-8H,3H2,1-2H3,(H,12,13);2-6H,7,11H2,1H3,(H,12,13);1-6H3;1H4. The van der Waals surface area contributed by atoms with Crippen LogP contribution in [0.1, 0.15) is 87.3 Å². The number of benzene rings is 2. The second-order valence-electron chi connectivity index (χ2n) is 11.6. The van der Waals surface area contributed by atoms with Crippen molar-refractivity contribution in [2.75, 3.05) is 6.54 Å². The molecule has 0 saturated carbocycles. The van der Waals surface area contributed by atoms with Crippen LogP contribution < -0.4 is 5.73 Å². The summed E-state index contributed by atoms with van der Waals surface area (Å²) in [5.74, 6) is -1.65. The number of hydrogen-bond donors (Lipinski definition) is 3. The van der Waals surface area contributed by atoms with Crippen molar-refractivity contribution >= 4 is 24.2 Å². The van der Waals surface area contributed by atoms with Crippen molar-refractivity contribution < 1.29 is 43.6 Å². The number of carboxylic acids is 2. The van der Waals surface area contributed by atoms with Crippen LogP contribution in [0.15, 0.2) is 60.7 Å². The monoisotopic (exact) mass is 591 g/mol. The Morgan fingerprint density at radius 3 is 1.19 bits per heavy atom. The van der Waals surface area contributed by atoms with E-state index in [1.54, 1.807) is 67.5 Å². The molecule has 236 valence electrons. The zero-order valence-corrected chi connectivity index (χ0v) is 25.5. The van der Waals surface area contributed by atoms with Gasteiger partial charge in [0.1, 0.15) is 16.6 Å². The van der Waals surface area contributed by atoms with Crippen LogP contribution in [0.3, 0.4) is 0 Å². The summed E-state index contributed by atoms with van der Waals surface area (Å²) in [5.41, 5.74) is 3.96. The first-order chi connectivity index (χ1) is 18.7. The third kappa shape index (κ3) is 14.1. The molecule has 0 heterocycles. The Kier molecular flexibility index (Phi) is 16.4. The van der Waals surface area contributed by atoms with E-state index in [0.717, 1.165) is 11.1 Å². The van der Waals surface area contributed by atoms with Crippen LogP contribution in [0.4, 0.5) is 9.59 Å². The molecule has 0 amide bonds. The fourth-order valence-electron chi connectivity index (χ4n) is 3.03. The molecule has 0 aliphatic heterocycles. The summed E-state index contributed by atoms with van der Waals surface area (Å²) in [7, 11) is 0. The van der Waals surface area contributed by atoms with Gasteiger partial charge in [-0.3, -0.25) is 9.59 Å². The number of rotatable bonds is 6. The van der Waals surface area contributed by atoms with Crippen molar-refractivity contribution in [1.82, 2.24) is 0 Å². The van der Waals surface area contributed by atoms with E-state index in [9.17, 15) is 19.2 Å². The Balaban J connectivity index is 0. The molecule has 10 nitrogen and oxygen atoms in total. The van der Waals surface area contributed by atoms with Gasteiger partial charge < -0.3 is 30.2 Å². The predicted octanol–water partition coefficient (Wildman–Crippen LogP) is 6.94. The van der Waals surface area contributed by atoms with E-state index in [0.29, 0.717) is 6.42 Å². The molecule has 0 aliphatic carbocycles. The third-order valence-electron chi connectivity index (χ3n) is 5.83. The number of ether oxygens (including phenoxy) is 3. The maximum absolute atomic E-state index is 11.1. The molecule has 0 aliphatic rings. The van der Waals surface area contributed by atoms with Gasteiger partial charge in [0.2, 0.25) is 0 Å². The molecule has 42 heavy (non-hydrogen) atoms. The van der Waals surface area contributed by atoms with Crippen molar-refractivity contribution in [3.8, 4) is 0 Å². The first kappa shape index (κ1) is 40.2. The van der Waals surface area contributed by atoms with Gasteiger partial charge in [-0.05, 0) is 72.9 Å². The van der Waals surface area contributed by atoms with Crippen LogP contribution >= 0.6 is 0 Å². The number of carbonyl (C=O) groups is 4. The lowest BCUT2D eigenvalue weighted by Crippen LogP contribution is -2.39. The number of carboxylic acid groups (broad SMARTS) is 2. The van der Waals surface area contributed by atoms with Crippen molar-refractivity contribution in [3.05, 3.63) is 71.8 Å². The second kappa shape index (κ2) is 17.1. The Bertz CT molecular complexity index is 1030. The molecule has 0 aromatic heterocycles. The first-order valence-corrected chi connectivity index (χ1v) is 13.1. The van der Waals surface area contributed by atoms with Crippen molar-refractivity contribution in [1.29, 1.82) is 0 Å². The summed E-state index contributed by atoms with van der Waals surface area (Å²) in [5, 5.41) is 18.1. The molecule has 4 N–H and O–H groups in total. The number of nitrogens with two attached hydrogens (primary N) is 1. The molecule has 0 spiro atoms. The third-order valence-corrected chi connectivity index (χ3v) is 5.83. The summed E-state index contributed by atoms with van der Waals surface area (Å²) < 4.78 is 13.8. The topological polar surface area (TPSA) is 162 Å². The molecule has 2 rings (SSSR count). The van der Waals surface area contributed by atoms with Gasteiger partial charge >= 0.3 is 24.2 Å². The molecule has 0 bridgehead atoms. The predicted molar refractivity (Wildman–Crippen MR) is 162 cm³/mol. The van der Waals surface area contributed by atoms with E-state index >= 15 is 0 Å². The van der Waals surface area contributed by atoms with Gasteiger partial charge in [0.25, 0.3) is 0 Å². The minimum Gasteiger partial charge on any atom is -0.481 e. The smallest absolute Gasteiger partial charge is 0.481 e. The molecular weight excluding hydrogens is 542 g/mol. The summed E-state index contributed by atoms with van der Waals surface area (Å²) in [6.07, 6.45) is -1.51. The summed E-state index contributed by atoms with van der Waals surface area (Å²) in [6.45, 7) is 15.4.